The second-order valence-corrected chi connectivity index (χ2v) is 38.3. The third-order valence-corrected chi connectivity index (χ3v) is 27.3. The third kappa shape index (κ3) is 17.2. The van der Waals surface area contributed by atoms with Gasteiger partial charge in [-0.25, -0.2) is 26.3 Å². The Morgan fingerprint density at radius 3 is 1.52 bits per heavy atom. The summed E-state index contributed by atoms with van der Waals surface area (Å²) in [5.74, 6) is -1.43. The zero-order chi connectivity index (χ0) is 85.5. The van der Waals surface area contributed by atoms with Gasteiger partial charge in [0, 0.05) is 48.3 Å². The first-order chi connectivity index (χ1) is 55.5. The van der Waals surface area contributed by atoms with Crippen LogP contribution in [0.15, 0.2) is 186 Å². The first-order valence-corrected chi connectivity index (χ1v) is 43.1. The van der Waals surface area contributed by atoms with Gasteiger partial charge < -0.3 is 4.90 Å². The van der Waals surface area contributed by atoms with Gasteiger partial charge in [0.05, 0.1) is 29.9 Å². The van der Waals surface area contributed by atoms with Crippen molar-refractivity contribution >= 4 is 51.5 Å². The highest BCUT2D eigenvalue weighted by Crippen LogP contribution is 2.62. The lowest BCUT2D eigenvalue weighted by atomic mass is 9.58. The Bertz CT molecular complexity index is 5120. The van der Waals surface area contributed by atoms with Crippen molar-refractivity contribution in [1.29, 1.82) is 0 Å². The minimum atomic E-state index is -4.52. The van der Waals surface area contributed by atoms with Gasteiger partial charge in [-0.2, -0.15) is 13.2 Å². The fourth-order valence-electron chi connectivity index (χ4n) is 20.6. The van der Waals surface area contributed by atoms with Gasteiger partial charge in [-0.3, -0.25) is 24.3 Å². The van der Waals surface area contributed by atoms with Gasteiger partial charge >= 0.3 is 6.18 Å². The number of hydrogen-bond acceptors (Lipinski definition) is 5. The molecule has 16 heteroatoms. The number of thiocarbonyl (C=S) groups is 1. The molecule has 1 saturated carbocycles. The number of alkyl halides is 5. The number of rotatable bonds is 13. The van der Waals surface area contributed by atoms with E-state index in [0.717, 1.165) is 102 Å². The van der Waals surface area contributed by atoms with Crippen LogP contribution in [0.1, 0.15) is 267 Å². The number of benzene rings is 7. The number of carbonyl (C=O) groups excluding carboxylic acids is 2. The Morgan fingerprint density at radius 1 is 0.559 bits per heavy atom. The zero-order valence-corrected chi connectivity index (χ0v) is 72.8. The first-order valence-electron chi connectivity index (χ1n) is 42.7. The number of aryl methyl sites for hydroxylation is 1. The molecule has 9 aliphatic rings. The Labute approximate surface area is 699 Å². The van der Waals surface area contributed by atoms with Crippen LogP contribution >= 0.6 is 12.2 Å². The summed E-state index contributed by atoms with van der Waals surface area (Å²) >= 11 is 5.64. The molecule has 0 bridgehead atoms. The van der Waals surface area contributed by atoms with Crippen LogP contribution < -0.4 is 9.80 Å². The van der Waals surface area contributed by atoms with Crippen LogP contribution in [0.3, 0.4) is 0 Å². The molecule has 6 nitrogen and oxygen atoms in total. The Hall–Kier alpha value is -8.44. The maximum absolute atomic E-state index is 15.5. The third-order valence-electron chi connectivity index (χ3n) is 27.0. The van der Waals surface area contributed by atoms with Crippen molar-refractivity contribution in [3.8, 4) is 11.1 Å². The minimum Gasteiger partial charge on any atom is -0.304 e. The number of carbonyl (C=O) groups is 2. The molecule has 1 amide bonds. The molecule has 7 aromatic rings. The SMILES string of the molecule is CC(C)[C@H]1CC[C@H]2[C@@H]3CCC4=CC(=O)CCC4=C3C=C[C@]12C.CC(C)c1cc(F)c([C@@H]2C3=C(C[C@@H](C)N2CC(C)(C)C)c2ccccc2C3)c(F)c1.CCC(F)(F)CN1[C@H](C)CC2=C(Cc3ccccc32)[C@H]1c1c(F)cc(C(C)C)cc1F.Cc1ccc(N2C(=O)C(C)(C)N(c3ccc(-c4ccc(C(C)C)cc4)cc3)C2=S)cc1C(F)(F)F. The van der Waals surface area contributed by atoms with Crippen LogP contribution in [0.5, 0.6) is 0 Å². The molecule has 8 atom stereocenters. The van der Waals surface area contributed by atoms with E-state index in [1.54, 1.807) is 41.4 Å². The van der Waals surface area contributed by atoms with E-state index in [9.17, 15) is 31.5 Å². The van der Waals surface area contributed by atoms with Gasteiger partial charge in [-0.15, -0.1) is 0 Å². The zero-order valence-electron chi connectivity index (χ0n) is 72.0. The standard InChI is InChI=1S/C28H27F3N2OS.C27H33F2N.C26H29F4N.C21H28O/c1-17(2)19-7-9-20(10-8-19)21-11-14-22(15-12-21)33-26(35)32(25(34)27(33,4)5)23-13-6-18(3)24(16-23)28(29,30)31;1-16(2)19-13-23(28)25(24(29)14-19)26-22-12-18-9-7-8-10-20(18)21(22)11-17(3)30(26)15-27(4,5)6;1-5-26(29,30)14-31-16(4)10-20-19-9-7-6-8-17(19)11-21(20)25(31)24-22(27)12-18(15(2)3)13-23(24)28;1-13(2)19-8-9-20-18-6-4-14-12-15(22)5-7-16(14)17(18)10-11-21(19,20)3/h6-17H,1-5H3;7-10,13-14,16-17,26H,11-12,15H2,1-6H3;6-9,12-13,15-16,25H,5,10-11,14H2,1-4H3;10-13,18-20H,4-9H2,1-3H3/t;17-,26+;16-,25+;18-,19-,20+,21-/m.111/s1. The molecular weight excluding hydrogens is 1520 g/mol. The Morgan fingerprint density at radius 2 is 1.04 bits per heavy atom. The number of nitrogens with zero attached hydrogens (tertiary/aromatic N) is 4. The molecule has 118 heavy (non-hydrogen) atoms. The van der Waals surface area contributed by atoms with Gasteiger partial charge in [0.15, 0.2) is 10.9 Å². The molecule has 0 aromatic heterocycles. The van der Waals surface area contributed by atoms with Crippen molar-refractivity contribution in [3.63, 3.8) is 0 Å². The molecule has 0 radical (unpaired) electrons. The maximum Gasteiger partial charge on any atom is 0.416 e. The highest BCUT2D eigenvalue weighted by Gasteiger charge is 2.54. The molecule has 626 valence electrons. The highest BCUT2D eigenvalue weighted by atomic mass is 32.1. The largest absolute Gasteiger partial charge is 0.416 e. The monoisotopic (exact) mass is 1630 g/mol. The van der Waals surface area contributed by atoms with Crippen molar-refractivity contribution in [2.24, 2.45) is 34.5 Å². The van der Waals surface area contributed by atoms with E-state index in [0.29, 0.717) is 46.8 Å². The van der Waals surface area contributed by atoms with E-state index >= 15 is 17.6 Å². The molecule has 0 N–H and O–H groups in total. The van der Waals surface area contributed by atoms with E-state index in [1.165, 1.54) is 101 Å². The summed E-state index contributed by atoms with van der Waals surface area (Å²) in [6, 6.07) is 40.8. The second kappa shape index (κ2) is 33.9. The predicted octanol–water partition coefficient (Wildman–Crippen LogP) is 27.5. The number of amides is 1. The van der Waals surface area contributed by atoms with Crippen LogP contribution in [-0.4, -0.2) is 63.2 Å². The molecule has 3 aliphatic heterocycles. The van der Waals surface area contributed by atoms with E-state index in [-0.39, 0.29) is 75.2 Å². The second-order valence-electron chi connectivity index (χ2n) is 37.9. The highest BCUT2D eigenvalue weighted by molar-refractivity contribution is 7.81. The average Bonchev–Trinajstić information content (AvgIpc) is 1.59. The molecule has 6 aliphatic carbocycles. The van der Waals surface area contributed by atoms with E-state index in [1.807, 2.05) is 89.2 Å². The number of ketones is 1. The molecule has 0 spiro atoms. The van der Waals surface area contributed by atoms with Crippen molar-refractivity contribution < 1.29 is 49.1 Å². The van der Waals surface area contributed by atoms with Crippen molar-refractivity contribution in [2.75, 3.05) is 22.9 Å². The summed E-state index contributed by atoms with van der Waals surface area (Å²) in [5, 5.41) is 0.144. The fourth-order valence-corrected chi connectivity index (χ4v) is 21.1. The predicted molar refractivity (Wildman–Crippen MR) is 466 cm³/mol. The number of allylic oxidation sites excluding steroid dienone is 6. The van der Waals surface area contributed by atoms with Crippen LogP contribution in [0.25, 0.3) is 22.3 Å². The lowest BCUT2D eigenvalue weighted by Crippen LogP contribution is -2.47. The summed E-state index contributed by atoms with van der Waals surface area (Å²) in [6.07, 6.45) is 11.8. The maximum atomic E-state index is 15.5. The molecule has 3 heterocycles. The lowest BCUT2D eigenvalue weighted by molar-refractivity contribution is -0.138. The summed E-state index contributed by atoms with van der Waals surface area (Å²) < 4.78 is 131. The molecule has 16 rings (SSSR count). The first kappa shape index (κ1) is 87.4. The van der Waals surface area contributed by atoms with Gasteiger partial charge in [0.2, 0.25) is 0 Å². The number of fused-ring (bicyclic) bond motifs is 8. The molecule has 7 aromatic carbocycles. The minimum absolute atomic E-state index is 0.0286. The van der Waals surface area contributed by atoms with Crippen molar-refractivity contribution in [1.82, 2.24) is 9.80 Å². The average molecular weight is 1630 g/mol. The van der Waals surface area contributed by atoms with Gasteiger partial charge in [0.1, 0.15) is 28.8 Å². The normalized spacial score (nSPS) is 23.5. The Balaban J connectivity index is 0.000000138. The Kier molecular flexibility index (Phi) is 25.1. The van der Waals surface area contributed by atoms with Crippen molar-refractivity contribution in [2.45, 2.75) is 255 Å². The lowest BCUT2D eigenvalue weighted by Gasteiger charge is -2.46. The molecule has 1 saturated heterocycles. The van der Waals surface area contributed by atoms with Gasteiger partial charge in [0.25, 0.3) is 11.8 Å². The van der Waals surface area contributed by atoms with Gasteiger partial charge in [-0.1, -0.05) is 193 Å². The van der Waals surface area contributed by atoms with Gasteiger partial charge in [-0.05, 0) is 306 Å². The number of hydrogen-bond donors (Lipinski definition) is 0. The summed E-state index contributed by atoms with van der Waals surface area (Å²) in [5.41, 5.74) is 17.8. The number of anilines is 2. The van der Waals surface area contributed by atoms with E-state index < -0.39 is 59.1 Å². The number of halogens is 9. The molecular formula is C102H117F9N4O2S. The summed E-state index contributed by atoms with van der Waals surface area (Å²) in [6.45, 7) is 36.5. The summed E-state index contributed by atoms with van der Waals surface area (Å²) in [7, 11) is 0. The van der Waals surface area contributed by atoms with Crippen LogP contribution in [0, 0.1) is 64.7 Å². The molecule has 2 fully saturated rings. The van der Waals surface area contributed by atoms with Crippen LogP contribution in [0.4, 0.5) is 50.9 Å². The molecule has 0 unspecified atom stereocenters. The smallest absolute Gasteiger partial charge is 0.304 e. The van der Waals surface area contributed by atoms with Crippen molar-refractivity contribution in [3.05, 3.63) is 270 Å². The van der Waals surface area contributed by atoms with E-state index in [4.69, 9.17) is 12.2 Å². The van der Waals surface area contributed by atoms with Crippen LogP contribution in [0.2, 0.25) is 0 Å². The topological polar surface area (TPSA) is 47.1 Å². The van der Waals surface area contributed by atoms with E-state index in [2.05, 4.69) is 128 Å². The fraction of sp³-hybridized carbons (Fsp3) is 0.461. The quantitative estimate of drug-likeness (QED) is 0.0847. The summed E-state index contributed by atoms with van der Waals surface area (Å²) in [4.78, 5) is 31.9. The van der Waals surface area contributed by atoms with Crippen LogP contribution in [-0.2, 0) is 28.6 Å².